The second kappa shape index (κ2) is 150. The van der Waals surface area contributed by atoms with Gasteiger partial charge in [-0.05, 0) is 0 Å². The second-order valence-electron chi connectivity index (χ2n) is 0. The van der Waals surface area contributed by atoms with Crippen LogP contribution in [0.3, 0.4) is 0 Å². The van der Waals surface area contributed by atoms with Crippen LogP contribution in [0.15, 0.2) is 0 Å². The van der Waals surface area contributed by atoms with Crippen molar-refractivity contribution >= 4 is 21.9 Å². The number of rotatable bonds is 0. The molecule has 0 aliphatic carbocycles. The predicted octanol–water partition coefficient (Wildman–Crippen LogP) is -1.12. The van der Waals surface area contributed by atoms with E-state index in [1.54, 1.807) is 0 Å². The third-order valence-corrected chi connectivity index (χ3v) is 0. The molecule has 0 aromatic rings. The maximum atomic E-state index is 0. The van der Waals surface area contributed by atoms with Crippen LogP contribution < -0.4 is 0 Å². The summed E-state index contributed by atoms with van der Waals surface area (Å²) in [7, 11) is 0. The third-order valence-electron chi connectivity index (χ3n) is 0. The van der Waals surface area contributed by atoms with Crippen molar-refractivity contribution in [2.75, 3.05) is 0 Å². The quantitative estimate of drug-likeness (QED) is 0.443. The molecule has 0 bridgehead atoms. The molecule has 0 rings (SSSR count). The van der Waals surface area contributed by atoms with Crippen LogP contribution in [-0.4, -0.2) is 21.9 Å². The Labute approximate surface area is 59.7 Å². The molecule has 0 aliphatic heterocycles. The van der Waals surface area contributed by atoms with Gasteiger partial charge < -0.3 is 16.4 Å². The maximum Gasteiger partial charge on any atom is 6.00 e. The summed E-state index contributed by atoms with van der Waals surface area (Å²) >= 11 is 0. The first-order valence-electron chi connectivity index (χ1n) is 0. The fraction of sp³-hybridized carbons (Fsp3) is 0. The standard InChI is InChI=1S/Mo.3O.2Si/q+6;3*-2;;. The molecule has 0 saturated heterocycles. The van der Waals surface area contributed by atoms with Gasteiger partial charge in [-0.3, -0.25) is 0 Å². The molecule has 8 radical (unpaired) electrons. The monoisotopic (exact) mass is 202 g/mol. The zero-order valence-electron chi connectivity index (χ0n) is 2.63. The van der Waals surface area contributed by atoms with E-state index < -0.39 is 0 Å². The van der Waals surface area contributed by atoms with Crippen molar-refractivity contribution in [2.45, 2.75) is 0 Å². The summed E-state index contributed by atoms with van der Waals surface area (Å²) in [6.07, 6.45) is 0. The SMILES string of the molecule is [Mo+6].[O-2].[O-2].[O-2].[Si].[Si]. The molecule has 0 fully saturated rings. The van der Waals surface area contributed by atoms with Gasteiger partial charge in [-0.15, -0.1) is 0 Å². The Morgan fingerprint density at radius 1 is 0.500 bits per heavy atom. The van der Waals surface area contributed by atoms with E-state index in [2.05, 4.69) is 0 Å². The van der Waals surface area contributed by atoms with Gasteiger partial charge in [0.2, 0.25) is 0 Å². The summed E-state index contributed by atoms with van der Waals surface area (Å²) < 4.78 is 0. The Morgan fingerprint density at radius 3 is 0.500 bits per heavy atom. The van der Waals surface area contributed by atoms with E-state index in [0.29, 0.717) is 0 Å². The Morgan fingerprint density at radius 2 is 0.500 bits per heavy atom. The van der Waals surface area contributed by atoms with Crippen LogP contribution in [0.4, 0.5) is 0 Å². The average Bonchev–Trinajstić information content (AvgIpc) is 0. The molecule has 0 amide bonds. The van der Waals surface area contributed by atoms with Crippen LogP contribution in [0.25, 0.3) is 0 Å². The Bertz CT molecular complexity index is 8.75. The zero-order chi connectivity index (χ0) is 0. The van der Waals surface area contributed by atoms with E-state index >= 15 is 0 Å². The summed E-state index contributed by atoms with van der Waals surface area (Å²) in [5.41, 5.74) is 0. The van der Waals surface area contributed by atoms with Gasteiger partial charge in [0.15, 0.2) is 0 Å². The van der Waals surface area contributed by atoms with Crippen molar-refractivity contribution in [1.29, 1.82) is 0 Å². The topological polar surface area (TPSA) is 85.5 Å². The van der Waals surface area contributed by atoms with Crippen LogP contribution in [0.1, 0.15) is 0 Å². The molecule has 0 aromatic carbocycles. The summed E-state index contributed by atoms with van der Waals surface area (Å²) in [6.45, 7) is 0. The van der Waals surface area contributed by atoms with E-state index in [0.717, 1.165) is 0 Å². The van der Waals surface area contributed by atoms with E-state index in [-0.39, 0.29) is 59.4 Å². The normalized spacial score (nSPS) is 0. The molecular formula is MoO3Si2. The van der Waals surface area contributed by atoms with Crippen molar-refractivity contribution in [2.24, 2.45) is 0 Å². The van der Waals surface area contributed by atoms with Gasteiger partial charge in [0.25, 0.3) is 0 Å². The molecule has 32 valence electrons. The molecule has 0 atom stereocenters. The van der Waals surface area contributed by atoms with Gasteiger partial charge in [0, 0.05) is 21.9 Å². The van der Waals surface area contributed by atoms with Gasteiger partial charge >= 0.3 is 21.1 Å². The van der Waals surface area contributed by atoms with Gasteiger partial charge in [0.1, 0.15) is 0 Å². The summed E-state index contributed by atoms with van der Waals surface area (Å²) in [5.74, 6) is 0. The molecule has 0 saturated carbocycles. The smallest absolute Gasteiger partial charge is 2.00 e. The number of hydrogen-bond acceptors (Lipinski definition) is 0. The Balaban J connectivity index is 0. The van der Waals surface area contributed by atoms with E-state index in [1.807, 2.05) is 0 Å². The summed E-state index contributed by atoms with van der Waals surface area (Å²) in [6, 6.07) is 0. The molecular weight excluding hydrogens is 200 g/mol. The molecule has 0 unspecified atom stereocenters. The summed E-state index contributed by atoms with van der Waals surface area (Å²) in [5, 5.41) is 0. The minimum atomic E-state index is 0. The maximum absolute atomic E-state index is 0. The van der Waals surface area contributed by atoms with Gasteiger partial charge in [-0.1, -0.05) is 0 Å². The Hall–Kier alpha value is 1.00. The summed E-state index contributed by atoms with van der Waals surface area (Å²) in [4.78, 5) is 0. The largest absolute Gasteiger partial charge is 6.00 e. The zero-order valence-corrected chi connectivity index (χ0v) is 6.64. The van der Waals surface area contributed by atoms with E-state index in [9.17, 15) is 0 Å². The molecule has 0 aliphatic rings. The van der Waals surface area contributed by atoms with Crippen LogP contribution >= 0.6 is 0 Å². The third kappa shape index (κ3) is 79.8. The minimum absolute atomic E-state index is 0. The van der Waals surface area contributed by atoms with Crippen LogP contribution in [0, 0.1) is 0 Å². The van der Waals surface area contributed by atoms with Crippen molar-refractivity contribution in [3.8, 4) is 0 Å². The van der Waals surface area contributed by atoms with Gasteiger partial charge in [0.05, 0.1) is 0 Å². The van der Waals surface area contributed by atoms with Crippen LogP contribution in [0.2, 0.25) is 0 Å². The van der Waals surface area contributed by atoms with Crippen molar-refractivity contribution in [3.05, 3.63) is 0 Å². The predicted molar refractivity (Wildman–Crippen MR) is 13.6 cm³/mol. The van der Waals surface area contributed by atoms with E-state index in [1.165, 1.54) is 0 Å². The molecule has 6 heavy (non-hydrogen) atoms. The molecule has 3 nitrogen and oxygen atoms in total. The molecule has 0 N–H and O–H groups in total. The van der Waals surface area contributed by atoms with Crippen LogP contribution in [-0.2, 0) is 37.5 Å². The van der Waals surface area contributed by atoms with Crippen LogP contribution in [0.5, 0.6) is 0 Å². The average molecular weight is 200 g/mol. The first kappa shape index (κ1) is 251. The van der Waals surface area contributed by atoms with Crippen molar-refractivity contribution in [1.82, 2.24) is 0 Å². The second-order valence-corrected chi connectivity index (χ2v) is 0. The molecule has 0 heterocycles. The van der Waals surface area contributed by atoms with Gasteiger partial charge in [-0.2, -0.15) is 0 Å². The van der Waals surface area contributed by atoms with Crippen molar-refractivity contribution < 1.29 is 37.5 Å². The fourth-order valence-corrected chi connectivity index (χ4v) is 0. The Kier molecular flexibility index (Phi) is 6260. The fourth-order valence-electron chi connectivity index (χ4n) is 0. The van der Waals surface area contributed by atoms with E-state index in [4.69, 9.17) is 0 Å². The molecule has 0 spiro atoms. The minimum Gasteiger partial charge on any atom is -2.00 e. The van der Waals surface area contributed by atoms with Crippen molar-refractivity contribution in [3.63, 3.8) is 0 Å². The van der Waals surface area contributed by atoms with Gasteiger partial charge in [-0.25, -0.2) is 0 Å². The molecule has 6 heteroatoms. The first-order valence-corrected chi connectivity index (χ1v) is 0. The molecule has 0 aromatic heterocycles. The first-order chi connectivity index (χ1) is 0. The number of hydrogen-bond donors (Lipinski definition) is 0.